The number of hydrogen-bond donors (Lipinski definition) is 0. The van der Waals surface area contributed by atoms with Crippen LogP contribution >= 0.6 is 11.6 Å². The van der Waals surface area contributed by atoms with Gasteiger partial charge in [0.2, 0.25) is 0 Å². The van der Waals surface area contributed by atoms with Crippen molar-refractivity contribution in [2.75, 3.05) is 0 Å². The molecule has 15 heavy (non-hydrogen) atoms. The summed E-state index contributed by atoms with van der Waals surface area (Å²) >= 11 is 6.00. The maximum absolute atomic E-state index is 6.00. The van der Waals surface area contributed by atoms with E-state index in [1.165, 1.54) is 16.8 Å². The highest BCUT2D eigenvalue weighted by Gasteiger charge is 2.20. The number of rotatable bonds is 0. The molecule has 0 amide bonds. The van der Waals surface area contributed by atoms with Crippen LogP contribution in [0.5, 0.6) is 0 Å². The van der Waals surface area contributed by atoms with Crippen molar-refractivity contribution in [3.63, 3.8) is 0 Å². The third-order valence-electron chi connectivity index (χ3n) is 2.92. The van der Waals surface area contributed by atoms with Crippen molar-refractivity contribution in [3.05, 3.63) is 64.4 Å². The zero-order valence-corrected chi connectivity index (χ0v) is 9.04. The smallest absolute Gasteiger partial charge is 0.186 e. The lowest BCUT2D eigenvalue weighted by Gasteiger charge is -2.14. The lowest BCUT2D eigenvalue weighted by Crippen LogP contribution is -2.41. The van der Waals surface area contributed by atoms with Crippen LogP contribution in [0.15, 0.2) is 42.6 Å². The number of nitrogens with zero attached hydrogens (tertiary/aromatic N) is 1. The van der Waals surface area contributed by atoms with Crippen LogP contribution in [0, 0.1) is 0 Å². The largest absolute Gasteiger partial charge is 0.198 e. The van der Waals surface area contributed by atoms with Gasteiger partial charge >= 0.3 is 0 Å². The van der Waals surface area contributed by atoms with Crippen LogP contribution in [0.4, 0.5) is 0 Å². The van der Waals surface area contributed by atoms with Crippen LogP contribution in [0.1, 0.15) is 16.8 Å². The normalized spacial score (nSPS) is 13.1. The highest BCUT2D eigenvalue weighted by Crippen LogP contribution is 2.21. The molecule has 0 spiro atoms. The third kappa shape index (κ3) is 1.53. The minimum Gasteiger partial charge on any atom is -0.198 e. The molecule has 1 nitrogen and oxygen atoms in total. The molecule has 74 valence electrons. The maximum atomic E-state index is 6.00. The first-order valence-electron chi connectivity index (χ1n) is 5.07. The molecular formula is C13H11ClN+. The second-order valence-electron chi connectivity index (χ2n) is 3.91. The average molecular weight is 217 g/mol. The van der Waals surface area contributed by atoms with Crippen LogP contribution in [0.2, 0.25) is 5.02 Å². The Kier molecular flexibility index (Phi) is 2.00. The standard InChI is InChI=1S/C13H11ClN/c14-12-5-4-10-9-15-6-2-1-3-13(15)8-11(10)7-12/h1-7H,8-9H2/q+1. The highest BCUT2D eigenvalue weighted by atomic mass is 35.5. The first-order valence-corrected chi connectivity index (χ1v) is 5.45. The van der Waals surface area contributed by atoms with E-state index in [0.29, 0.717) is 0 Å². The zero-order valence-electron chi connectivity index (χ0n) is 8.28. The van der Waals surface area contributed by atoms with Crippen LogP contribution in [0.3, 0.4) is 0 Å². The predicted octanol–water partition coefficient (Wildman–Crippen LogP) is 2.58. The molecule has 0 N–H and O–H groups in total. The van der Waals surface area contributed by atoms with Gasteiger partial charge in [0.25, 0.3) is 0 Å². The van der Waals surface area contributed by atoms with E-state index < -0.39 is 0 Å². The molecule has 3 rings (SSSR count). The molecule has 1 aromatic heterocycles. The number of pyridine rings is 1. The van der Waals surface area contributed by atoms with E-state index in [1.54, 1.807) is 0 Å². The van der Waals surface area contributed by atoms with Gasteiger partial charge in [-0.15, -0.1) is 0 Å². The first kappa shape index (κ1) is 8.93. The summed E-state index contributed by atoms with van der Waals surface area (Å²) in [6.07, 6.45) is 3.11. The summed E-state index contributed by atoms with van der Waals surface area (Å²) in [4.78, 5) is 0. The monoisotopic (exact) mass is 216 g/mol. The molecule has 0 fully saturated rings. The van der Waals surface area contributed by atoms with Crippen molar-refractivity contribution >= 4 is 11.6 Å². The van der Waals surface area contributed by atoms with Gasteiger partial charge in [-0.2, -0.15) is 4.57 Å². The minimum absolute atomic E-state index is 0.832. The van der Waals surface area contributed by atoms with Crippen LogP contribution in [-0.2, 0) is 13.0 Å². The van der Waals surface area contributed by atoms with Crippen molar-refractivity contribution in [2.24, 2.45) is 0 Å². The topological polar surface area (TPSA) is 3.88 Å². The number of hydrogen-bond acceptors (Lipinski definition) is 0. The molecule has 0 aliphatic carbocycles. The molecule has 0 saturated carbocycles. The third-order valence-corrected chi connectivity index (χ3v) is 3.15. The van der Waals surface area contributed by atoms with E-state index in [1.807, 2.05) is 6.07 Å². The predicted molar refractivity (Wildman–Crippen MR) is 60.0 cm³/mol. The van der Waals surface area contributed by atoms with Crippen molar-refractivity contribution < 1.29 is 4.57 Å². The molecular weight excluding hydrogens is 206 g/mol. The second-order valence-corrected chi connectivity index (χ2v) is 4.35. The average Bonchev–Trinajstić information content (AvgIpc) is 2.26. The molecule has 0 unspecified atom stereocenters. The van der Waals surface area contributed by atoms with Gasteiger partial charge in [0, 0.05) is 22.7 Å². The highest BCUT2D eigenvalue weighted by molar-refractivity contribution is 6.30. The Bertz CT molecular complexity index is 520. The number of halogens is 1. The summed E-state index contributed by atoms with van der Waals surface area (Å²) in [5.74, 6) is 0. The van der Waals surface area contributed by atoms with Crippen molar-refractivity contribution in [3.8, 4) is 0 Å². The van der Waals surface area contributed by atoms with Gasteiger partial charge in [-0.3, -0.25) is 0 Å². The fourth-order valence-corrected chi connectivity index (χ4v) is 2.31. The minimum atomic E-state index is 0.832. The molecule has 0 saturated heterocycles. The summed E-state index contributed by atoms with van der Waals surface area (Å²) in [5.41, 5.74) is 4.09. The first-order chi connectivity index (χ1) is 7.33. The summed E-state index contributed by atoms with van der Waals surface area (Å²) in [7, 11) is 0. The van der Waals surface area contributed by atoms with Gasteiger partial charge in [-0.25, -0.2) is 0 Å². The van der Waals surface area contributed by atoms with Crippen LogP contribution < -0.4 is 4.57 Å². The molecule has 2 heteroatoms. The van der Waals surface area contributed by atoms with E-state index in [-0.39, 0.29) is 0 Å². The molecule has 0 bridgehead atoms. The van der Waals surface area contributed by atoms with E-state index in [2.05, 4.69) is 41.1 Å². The van der Waals surface area contributed by atoms with E-state index in [4.69, 9.17) is 11.6 Å². The molecule has 1 aliphatic rings. The van der Waals surface area contributed by atoms with Gasteiger partial charge in [-0.05, 0) is 17.7 Å². The Balaban J connectivity index is 2.11. The Morgan fingerprint density at radius 1 is 1.07 bits per heavy atom. The Morgan fingerprint density at radius 3 is 2.93 bits per heavy atom. The quantitative estimate of drug-likeness (QED) is 0.509. The van der Waals surface area contributed by atoms with Crippen molar-refractivity contribution in [1.82, 2.24) is 0 Å². The summed E-state index contributed by atoms with van der Waals surface area (Å²) < 4.78 is 2.29. The Labute approximate surface area is 93.9 Å². The molecule has 1 aromatic carbocycles. The fraction of sp³-hybridized carbons (Fsp3) is 0.154. The maximum Gasteiger partial charge on any atom is 0.186 e. The number of benzene rings is 1. The van der Waals surface area contributed by atoms with E-state index in [0.717, 1.165) is 18.0 Å². The molecule has 2 heterocycles. The van der Waals surface area contributed by atoms with E-state index in [9.17, 15) is 0 Å². The number of aromatic nitrogens is 1. The van der Waals surface area contributed by atoms with Gasteiger partial charge in [-0.1, -0.05) is 23.7 Å². The van der Waals surface area contributed by atoms with Gasteiger partial charge in [0.15, 0.2) is 18.4 Å². The number of fused-ring (bicyclic) bond motifs is 2. The Morgan fingerprint density at radius 2 is 2.00 bits per heavy atom. The summed E-state index contributed by atoms with van der Waals surface area (Å²) in [6, 6.07) is 12.5. The SMILES string of the molecule is Clc1ccc2c(c1)Cc1cccc[n+]1C2. The Hall–Kier alpha value is -1.34. The molecule has 0 radical (unpaired) electrons. The fourth-order valence-electron chi connectivity index (χ4n) is 2.12. The molecule has 2 aromatic rings. The van der Waals surface area contributed by atoms with E-state index >= 15 is 0 Å². The molecule has 1 aliphatic heterocycles. The van der Waals surface area contributed by atoms with Crippen LogP contribution in [0.25, 0.3) is 0 Å². The van der Waals surface area contributed by atoms with Crippen molar-refractivity contribution in [2.45, 2.75) is 13.0 Å². The lowest BCUT2D eigenvalue weighted by atomic mass is 9.98. The summed E-state index contributed by atoms with van der Waals surface area (Å²) in [6.45, 7) is 0.961. The lowest BCUT2D eigenvalue weighted by molar-refractivity contribution is -0.697. The van der Waals surface area contributed by atoms with Gasteiger partial charge in [0.05, 0.1) is 6.42 Å². The van der Waals surface area contributed by atoms with Crippen LogP contribution in [-0.4, -0.2) is 0 Å². The molecule has 0 atom stereocenters. The zero-order chi connectivity index (χ0) is 10.3. The van der Waals surface area contributed by atoms with Gasteiger partial charge < -0.3 is 0 Å². The second kappa shape index (κ2) is 3.35. The van der Waals surface area contributed by atoms with Gasteiger partial charge in [0.1, 0.15) is 0 Å². The summed E-state index contributed by atoms with van der Waals surface area (Å²) in [5, 5.41) is 0.832. The van der Waals surface area contributed by atoms with Crippen molar-refractivity contribution in [1.29, 1.82) is 0 Å².